The van der Waals surface area contributed by atoms with Crippen molar-refractivity contribution < 1.29 is 4.79 Å². The van der Waals surface area contributed by atoms with Gasteiger partial charge in [-0.25, -0.2) is 0 Å². The lowest BCUT2D eigenvalue weighted by atomic mass is 9.93. The number of aryl methyl sites for hydroxylation is 3. The van der Waals surface area contributed by atoms with Gasteiger partial charge in [0.1, 0.15) is 5.78 Å². The Labute approximate surface area is 113 Å². The van der Waals surface area contributed by atoms with E-state index in [2.05, 4.69) is 23.3 Å². The first-order valence-electron chi connectivity index (χ1n) is 6.82. The van der Waals surface area contributed by atoms with E-state index in [0.717, 1.165) is 24.8 Å². The van der Waals surface area contributed by atoms with Crippen molar-refractivity contribution in [3.05, 3.63) is 53.3 Å². The monoisotopic (exact) mass is 254 g/mol. The van der Waals surface area contributed by atoms with Crippen LogP contribution in [-0.2, 0) is 24.7 Å². The highest BCUT2D eigenvalue weighted by atomic mass is 16.1. The number of hydrogen-bond donors (Lipinski definition) is 0. The molecule has 0 bridgehead atoms. The van der Waals surface area contributed by atoms with Gasteiger partial charge in [0.15, 0.2) is 0 Å². The molecule has 1 atom stereocenters. The SMILES string of the molecule is Cn1cc(CCC(=O)C2CCc3ccccc32)cn1. The molecule has 0 saturated heterocycles. The van der Waals surface area contributed by atoms with Crippen molar-refractivity contribution in [2.45, 2.75) is 31.6 Å². The van der Waals surface area contributed by atoms with Gasteiger partial charge in [-0.05, 0) is 36.0 Å². The van der Waals surface area contributed by atoms with Gasteiger partial charge in [0.25, 0.3) is 0 Å². The van der Waals surface area contributed by atoms with Crippen LogP contribution in [0.25, 0.3) is 0 Å². The van der Waals surface area contributed by atoms with Gasteiger partial charge in [-0.3, -0.25) is 9.48 Å². The summed E-state index contributed by atoms with van der Waals surface area (Å²) in [6, 6.07) is 8.34. The lowest BCUT2D eigenvalue weighted by Gasteiger charge is -2.09. The van der Waals surface area contributed by atoms with E-state index in [4.69, 9.17) is 0 Å². The molecule has 0 aliphatic heterocycles. The highest BCUT2D eigenvalue weighted by Gasteiger charge is 2.27. The molecule has 0 radical (unpaired) electrons. The summed E-state index contributed by atoms with van der Waals surface area (Å²) in [5.41, 5.74) is 3.74. The van der Waals surface area contributed by atoms with Crippen molar-refractivity contribution in [3.63, 3.8) is 0 Å². The number of aromatic nitrogens is 2. The Hall–Kier alpha value is -1.90. The molecule has 3 nitrogen and oxygen atoms in total. The summed E-state index contributed by atoms with van der Waals surface area (Å²) < 4.78 is 1.78. The molecule has 2 aromatic rings. The zero-order valence-electron chi connectivity index (χ0n) is 11.2. The molecule has 1 heterocycles. The van der Waals surface area contributed by atoms with Gasteiger partial charge in [-0.1, -0.05) is 24.3 Å². The van der Waals surface area contributed by atoms with E-state index >= 15 is 0 Å². The van der Waals surface area contributed by atoms with Gasteiger partial charge in [0.2, 0.25) is 0 Å². The van der Waals surface area contributed by atoms with Crippen molar-refractivity contribution in [3.8, 4) is 0 Å². The molecule has 0 amide bonds. The highest BCUT2D eigenvalue weighted by Crippen LogP contribution is 2.34. The van der Waals surface area contributed by atoms with Crippen LogP contribution >= 0.6 is 0 Å². The number of rotatable bonds is 4. The lowest BCUT2D eigenvalue weighted by molar-refractivity contribution is -0.120. The predicted molar refractivity (Wildman–Crippen MR) is 74.0 cm³/mol. The molecule has 0 saturated carbocycles. The van der Waals surface area contributed by atoms with Gasteiger partial charge in [0.05, 0.1) is 6.20 Å². The minimum Gasteiger partial charge on any atom is -0.299 e. The zero-order valence-corrected chi connectivity index (χ0v) is 11.2. The fraction of sp³-hybridized carbons (Fsp3) is 0.375. The number of carbonyl (C=O) groups excluding carboxylic acids is 1. The number of Topliss-reactive ketones (excluding diaryl/α,β-unsaturated/α-hetero) is 1. The minimum atomic E-state index is 0.118. The van der Waals surface area contributed by atoms with Crippen molar-refractivity contribution in [1.82, 2.24) is 9.78 Å². The number of benzene rings is 1. The van der Waals surface area contributed by atoms with Crippen LogP contribution in [0.15, 0.2) is 36.7 Å². The van der Waals surface area contributed by atoms with E-state index in [9.17, 15) is 4.79 Å². The van der Waals surface area contributed by atoms with E-state index in [1.165, 1.54) is 11.1 Å². The second-order valence-corrected chi connectivity index (χ2v) is 5.28. The Morgan fingerprint density at radius 2 is 2.26 bits per heavy atom. The number of fused-ring (bicyclic) bond motifs is 1. The second-order valence-electron chi connectivity index (χ2n) is 5.28. The zero-order chi connectivity index (χ0) is 13.2. The summed E-state index contributed by atoms with van der Waals surface area (Å²) >= 11 is 0. The van der Waals surface area contributed by atoms with Crippen LogP contribution in [0.1, 0.15) is 35.4 Å². The van der Waals surface area contributed by atoms with E-state index in [1.54, 1.807) is 4.68 Å². The molecule has 1 aliphatic rings. The van der Waals surface area contributed by atoms with Gasteiger partial charge in [-0.15, -0.1) is 0 Å². The number of carbonyl (C=O) groups is 1. The van der Waals surface area contributed by atoms with Crippen LogP contribution in [0, 0.1) is 0 Å². The lowest BCUT2D eigenvalue weighted by Crippen LogP contribution is -2.10. The first-order valence-corrected chi connectivity index (χ1v) is 6.82. The van der Waals surface area contributed by atoms with Crippen LogP contribution in [0.3, 0.4) is 0 Å². The molecule has 0 spiro atoms. The minimum absolute atomic E-state index is 0.118. The quantitative estimate of drug-likeness (QED) is 0.840. The fourth-order valence-corrected chi connectivity index (χ4v) is 2.93. The molecule has 0 fully saturated rings. The summed E-state index contributed by atoms with van der Waals surface area (Å²) in [5, 5.41) is 4.13. The fourth-order valence-electron chi connectivity index (χ4n) is 2.93. The standard InChI is InChI=1S/C16H18N2O/c1-18-11-12(10-17-18)6-9-16(19)15-8-7-13-4-2-3-5-14(13)15/h2-5,10-11,15H,6-9H2,1H3. The van der Waals surface area contributed by atoms with Gasteiger partial charge in [-0.2, -0.15) is 5.10 Å². The van der Waals surface area contributed by atoms with Gasteiger partial charge in [0, 0.05) is 25.6 Å². The first-order chi connectivity index (χ1) is 9.24. The van der Waals surface area contributed by atoms with Crippen molar-refractivity contribution in [2.24, 2.45) is 7.05 Å². The third-order valence-corrected chi connectivity index (χ3v) is 3.94. The second kappa shape index (κ2) is 5.00. The van der Waals surface area contributed by atoms with Crippen LogP contribution < -0.4 is 0 Å². The molecule has 19 heavy (non-hydrogen) atoms. The molecule has 1 aliphatic carbocycles. The van der Waals surface area contributed by atoms with E-state index in [1.807, 2.05) is 25.5 Å². The van der Waals surface area contributed by atoms with Crippen LogP contribution in [-0.4, -0.2) is 15.6 Å². The largest absolute Gasteiger partial charge is 0.299 e. The predicted octanol–water partition coefficient (Wildman–Crippen LogP) is 2.65. The summed E-state index contributed by atoms with van der Waals surface area (Å²) in [6.45, 7) is 0. The maximum absolute atomic E-state index is 12.4. The normalized spacial score (nSPS) is 17.4. The molecule has 3 heteroatoms. The summed E-state index contributed by atoms with van der Waals surface area (Å²) in [6.07, 6.45) is 7.26. The third-order valence-electron chi connectivity index (χ3n) is 3.94. The van der Waals surface area contributed by atoms with E-state index in [-0.39, 0.29) is 5.92 Å². The highest BCUT2D eigenvalue weighted by molar-refractivity contribution is 5.87. The molecule has 1 aromatic heterocycles. The van der Waals surface area contributed by atoms with Gasteiger partial charge >= 0.3 is 0 Å². The van der Waals surface area contributed by atoms with Gasteiger partial charge < -0.3 is 0 Å². The molecular formula is C16H18N2O. The summed E-state index contributed by atoms with van der Waals surface area (Å²) in [7, 11) is 1.90. The van der Waals surface area contributed by atoms with Crippen LogP contribution in [0.4, 0.5) is 0 Å². The molecule has 0 N–H and O–H groups in total. The number of hydrogen-bond acceptors (Lipinski definition) is 2. The van der Waals surface area contributed by atoms with Crippen molar-refractivity contribution in [1.29, 1.82) is 0 Å². The summed E-state index contributed by atoms with van der Waals surface area (Å²) in [5.74, 6) is 0.488. The average molecular weight is 254 g/mol. The van der Waals surface area contributed by atoms with Crippen molar-refractivity contribution >= 4 is 5.78 Å². The maximum Gasteiger partial charge on any atom is 0.140 e. The Balaban J connectivity index is 1.66. The number of ketones is 1. The van der Waals surface area contributed by atoms with Crippen LogP contribution in [0.5, 0.6) is 0 Å². The maximum atomic E-state index is 12.4. The molecule has 1 aromatic carbocycles. The Bertz CT molecular complexity index is 600. The molecule has 3 rings (SSSR count). The first kappa shape index (κ1) is 12.2. The van der Waals surface area contributed by atoms with E-state index < -0.39 is 0 Å². The Morgan fingerprint density at radius 3 is 3.05 bits per heavy atom. The smallest absolute Gasteiger partial charge is 0.140 e. The Kier molecular flexibility index (Phi) is 3.20. The topological polar surface area (TPSA) is 34.9 Å². The Morgan fingerprint density at radius 1 is 1.42 bits per heavy atom. The van der Waals surface area contributed by atoms with Crippen LogP contribution in [0.2, 0.25) is 0 Å². The van der Waals surface area contributed by atoms with E-state index in [0.29, 0.717) is 12.2 Å². The summed E-state index contributed by atoms with van der Waals surface area (Å²) in [4.78, 5) is 12.4. The molecule has 1 unspecified atom stereocenters. The molecular weight excluding hydrogens is 236 g/mol. The molecule has 98 valence electrons. The third kappa shape index (κ3) is 2.46. The average Bonchev–Trinajstić information content (AvgIpc) is 3.02. The number of nitrogens with zero attached hydrogens (tertiary/aromatic N) is 2. The van der Waals surface area contributed by atoms with Crippen molar-refractivity contribution in [2.75, 3.05) is 0 Å².